The van der Waals surface area contributed by atoms with Crippen molar-refractivity contribution in [1.82, 2.24) is 4.90 Å². The Hall–Kier alpha value is -0.540. The SMILES string of the molecule is O=C(c1ccc(Cl)cc1Br)N1CCCCCCC1. The molecule has 0 radical (unpaired) electrons. The van der Waals surface area contributed by atoms with Gasteiger partial charge in [-0.1, -0.05) is 30.9 Å². The van der Waals surface area contributed by atoms with Gasteiger partial charge in [0.25, 0.3) is 5.91 Å². The third kappa shape index (κ3) is 3.48. The van der Waals surface area contributed by atoms with E-state index in [1.54, 1.807) is 18.2 Å². The first kappa shape index (κ1) is 13.9. The Kier molecular flexibility index (Phi) is 5.07. The third-order valence-electron chi connectivity index (χ3n) is 3.30. The molecule has 98 valence electrons. The molecule has 1 saturated heterocycles. The van der Waals surface area contributed by atoms with Crippen LogP contribution in [0.4, 0.5) is 0 Å². The van der Waals surface area contributed by atoms with Crippen molar-refractivity contribution in [3.8, 4) is 0 Å². The summed E-state index contributed by atoms with van der Waals surface area (Å²) >= 11 is 9.32. The van der Waals surface area contributed by atoms with E-state index in [0.717, 1.165) is 30.4 Å². The van der Waals surface area contributed by atoms with Gasteiger partial charge in [0.2, 0.25) is 0 Å². The highest BCUT2D eigenvalue weighted by atomic mass is 79.9. The van der Waals surface area contributed by atoms with E-state index < -0.39 is 0 Å². The van der Waals surface area contributed by atoms with Crippen LogP contribution in [-0.2, 0) is 0 Å². The summed E-state index contributed by atoms with van der Waals surface area (Å²) in [4.78, 5) is 14.4. The van der Waals surface area contributed by atoms with Gasteiger partial charge in [-0.15, -0.1) is 0 Å². The van der Waals surface area contributed by atoms with Gasteiger partial charge in [-0.2, -0.15) is 0 Å². The van der Waals surface area contributed by atoms with E-state index >= 15 is 0 Å². The molecule has 4 heteroatoms. The first-order valence-corrected chi connectivity index (χ1v) is 7.60. The fourth-order valence-electron chi connectivity index (χ4n) is 2.28. The summed E-state index contributed by atoms with van der Waals surface area (Å²) in [6.07, 6.45) is 5.97. The number of rotatable bonds is 1. The van der Waals surface area contributed by atoms with Crippen LogP contribution in [0.5, 0.6) is 0 Å². The smallest absolute Gasteiger partial charge is 0.254 e. The van der Waals surface area contributed by atoms with Crippen molar-refractivity contribution in [3.63, 3.8) is 0 Å². The Labute approximate surface area is 121 Å². The van der Waals surface area contributed by atoms with E-state index in [1.165, 1.54) is 19.3 Å². The molecule has 1 aromatic carbocycles. The first-order chi connectivity index (χ1) is 8.68. The summed E-state index contributed by atoms with van der Waals surface area (Å²) < 4.78 is 0.780. The monoisotopic (exact) mass is 329 g/mol. The number of likely N-dealkylation sites (tertiary alicyclic amines) is 1. The minimum atomic E-state index is 0.112. The van der Waals surface area contributed by atoms with Gasteiger partial charge >= 0.3 is 0 Å². The number of hydrogen-bond acceptors (Lipinski definition) is 1. The van der Waals surface area contributed by atoms with Crippen molar-refractivity contribution >= 4 is 33.4 Å². The normalized spacial score (nSPS) is 17.1. The summed E-state index contributed by atoms with van der Waals surface area (Å²) in [6.45, 7) is 1.74. The zero-order valence-electron chi connectivity index (χ0n) is 10.3. The molecule has 1 heterocycles. The van der Waals surface area contributed by atoms with Crippen LogP contribution in [0, 0.1) is 0 Å². The average molecular weight is 331 g/mol. The second-order valence-electron chi connectivity index (χ2n) is 4.68. The molecule has 2 nitrogen and oxygen atoms in total. The van der Waals surface area contributed by atoms with E-state index in [0.29, 0.717) is 10.6 Å². The molecule has 1 aliphatic rings. The van der Waals surface area contributed by atoms with E-state index in [9.17, 15) is 4.79 Å². The van der Waals surface area contributed by atoms with Crippen molar-refractivity contribution in [2.75, 3.05) is 13.1 Å². The van der Waals surface area contributed by atoms with Crippen LogP contribution in [0.3, 0.4) is 0 Å². The minimum Gasteiger partial charge on any atom is -0.339 e. The van der Waals surface area contributed by atoms with Gasteiger partial charge in [-0.25, -0.2) is 0 Å². The molecule has 0 aliphatic carbocycles. The van der Waals surface area contributed by atoms with Gasteiger partial charge in [0.05, 0.1) is 5.56 Å². The van der Waals surface area contributed by atoms with E-state index in [4.69, 9.17) is 11.6 Å². The quantitative estimate of drug-likeness (QED) is 0.742. The zero-order valence-corrected chi connectivity index (χ0v) is 12.6. The van der Waals surface area contributed by atoms with Crippen LogP contribution < -0.4 is 0 Å². The van der Waals surface area contributed by atoms with Crippen molar-refractivity contribution in [2.45, 2.75) is 32.1 Å². The lowest BCUT2D eigenvalue weighted by Crippen LogP contribution is -2.34. The van der Waals surface area contributed by atoms with E-state index in [2.05, 4.69) is 15.9 Å². The summed E-state index contributed by atoms with van der Waals surface area (Å²) in [5.41, 5.74) is 0.708. The predicted molar refractivity (Wildman–Crippen MR) is 78.1 cm³/mol. The second-order valence-corrected chi connectivity index (χ2v) is 5.97. The second kappa shape index (κ2) is 6.58. The van der Waals surface area contributed by atoms with E-state index in [1.807, 2.05) is 4.90 Å². The number of halogens is 2. The molecule has 1 aliphatic heterocycles. The van der Waals surface area contributed by atoms with Gasteiger partial charge < -0.3 is 4.90 Å². The number of amides is 1. The minimum absolute atomic E-state index is 0.112. The lowest BCUT2D eigenvalue weighted by atomic mass is 10.1. The molecule has 2 rings (SSSR count). The fourth-order valence-corrected chi connectivity index (χ4v) is 3.14. The Morgan fingerprint density at radius 2 is 1.72 bits per heavy atom. The van der Waals surface area contributed by atoms with Crippen LogP contribution in [0.2, 0.25) is 5.02 Å². The molecule has 18 heavy (non-hydrogen) atoms. The van der Waals surface area contributed by atoms with Crippen molar-refractivity contribution in [1.29, 1.82) is 0 Å². The van der Waals surface area contributed by atoms with Crippen LogP contribution in [-0.4, -0.2) is 23.9 Å². The molecule has 0 bridgehead atoms. The summed E-state index contributed by atoms with van der Waals surface area (Å²) in [7, 11) is 0. The highest BCUT2D eigenvalue weighted by Crippen LogP contribution is 2.23. The number of hydrogen-bond donors (Lipinski definition) is 0. The van der Waals surface area contributed by atoms with Gasteiger partial charge in [0.1, 0.15) is 0 Å². The zero-order chi connectivity index (χ0) is 13.0. The Morgan fingerprint density at radius 1 is 1.11 bits per heavy atom. The van der Waals surface area contributed by atoms with Crippen molar-refractivity contribution < 1.29 is 4.79 Å². The molecule has 1 amide bonds. The molecule has 0 atom stereocenters. The number of carbonyl (C=O) groups excluding carboxylic acids is 1. The topological polar surface area (TPSA) is 20.3 Å². The van der Waals surface area contributed by atoms with Gasteiger partial charge in [-0.05, 0) is 47.0 Å². The molecule has 1 fully saturated rings. The maximum absolute atomic E-state index is 12.4. The number of nitrogens with zero attached hydrogens (tertiary/aromatic N) is 1. The maximum Gasteiger partial charge on any atom is 0.254 e. The standard InChI is InChI=1S/C14H17BrClNO/c15-13-10-11(16)6-7-12(13)14(18)17-8-4-2-1-3-5-9-17/h6-7,10H,1-5,8-9H2. The fraction of sp³-hybridized carbons (Fsp3) is 0.500. The van der Waals surface area contributed by atoms with Gasteiger partial charge in [-0.3, -0.25) is 4.79 Å². The molecule has 1 aromatic rings. The van der Waals surface area contributed by atoms with E-state index in [-0.39, 0.29) is 5.91 Å². The lowest BCUT2D eigenvalue weighted by molar-refractivity contribution is 0.0741. The average Bonchev–Trinajstić information content (AvgIpc) is 2.27. The lowest BCUT2D eigenvalue weighted by Gasteiger charge is -2.25. The summed E-state index contributed by atoms with van der Waals surface area (Å²) in [6, 6.07) is 5.34. The maximum atomic E-state index is 12.4. The van der Waals surface area contributed by atoms with Gasteiger partial charge in [0.15, 0.2) is 0 Å². The Balaban J connectivity index is 2.13. The largest absolute Gasteiger partial charge is 0.339 e. The van der Waals surface area contributed by atoms with Crippen LogP contribution >= 0.6 is 27.5 Å². The van der Waals surface area contributed by atoms with Crippen LogP contribution in [0.1, 0.15) is 42.5 Å². The first-order valence-electron chi connectivity index (χ1n) is 6.43. The highest BCUT2D eigenvalue weighted by molar-refractivity contribution is 9.10. The molecule has 0 spiro atoms. The Morgan fingerprint density at radius 3 is 2.33 bits per heavy atom. The summed E-state index contributed by atoms with van der Waals surface area (Å²) in [5, 5.41) is 0.645. The Bertz CT molecular complexity index is 428. The van der Waals surface area contributed by atoms with Crippen molar-refractivity contribution in [2.24, 2.45) is 0 Å². The molecule has 0 unspecified atom stereocenters. The third-order valence-corrected chi connectivity index (χ3v) is 4.20. The predicted octanol–water partition coefficient (Wildman–Crippen LogP) is 4.51. The molecular formula is C14H17BrClNO. The van der Waals surface area contributed by atoms with Crippen LogP contribution in [0.15, 0.2) is 22.7 Å². The van der Waals surface area contributed by atoms with Gasteiger partial charge in [0, 0.05) is 22.6 Å². The van der Waals surface area contributed by atoms with Crippen LogP contribution in [0.25, 0.3) is 0 Å². The van der Waals surface area contributed by atoms with Crippen molar-refractivity contribution in [3.05, 3.63) is 33.3 Å². The highest BCUT2D eigenvalue weighted by Gasteiger charge is 2.18. The molecule has 0 saturated carbocycles. The summed E-state index contributed by atoms with van der Waals surface area (Å²) in [5.74, 6) is 0.112. The molecule has 0 aromatic heterocycles. The molecular weight excluding hydrogens is 314 g/mol. The number of benzene rings is 1. The molecule has 0 N–H and O–H groups in total. The number of carbonyl (C=O) groups is 1.